The molecule has 0 saturated heterocycles. The minimum Gasteiger partial charge on any atom is -0.438 e. The monoisotopic (exact) mass is 1530 g/mol. The summed E-state index contributed by atoms with van der Waals surface area (Å²) in [5.41, 5.74) is 3.53. The molecule has 0 amide bonds. The zero-order valence-corrected chi connectivity index (χ0v) is 67.5. The maximum Gasteiger partial charge on any atom is 0.340 e. The molecule has 1 aliphatic rings. The van der Waals surface area contributed by atoms with Gasteiger partial charge in [0.15, 0.2) is 48.0 Å². The third-order valence-corrected chi connectivity index (χ3v) is 22.3. The molecule has 8 atom stereocenters. The van der Waals surface area contributed by atoms with E-state index in [4.69, 9.17) is 18.9 Å². The molecule has 9 aromatic rings. The SMILES string of the molecule is CCC(Cc1ccccc1)(C(=O)c1ccc(NC(C)OC(=O)c2cc(C(=O)OC(C)Nc3ccc(C(=O)C(CC)(Cc4ccccc4)N(C)C)cc3)c(C(=O)OC(C)Nc3ccc(C(=O)C4(CC)Cc5ccccc5N4C)cc3)cc2C(=O)OC(C)Nc2ccc(C(=O)C(CC)(Cc3ccccc3)N(C)C)cc2)cc1)N(C)C. The van der Waals surface area contributed by atoms with Crippen LogP contribution in [0.2, 0.25) is 0 Å². The fourth-order valence-corrected chi connectivity index (χ4v) is 15.5. The Labute approximate surface area is 664 Å². The minimum atomic E-state index is -1.14. The van der Waals surface area contributed by atoms with Crippen LogP contribution >= 0.6 is 0 Å². The number of nitrogens with zero attached hydrogens (tertiary/aromatic N) is 4. The van der Waals surface area contributed by atoms with Gasteiger partial charge in [-0.1, -0.05) is 137 Å². The Balaban J connectivity index is 0.958. The Hall–Kier alpha value is -11.6. The summed E-state index contributed by atoms with van der Waals surface area (Å²) in [6, 6.07) is 66.8. The van der Waals surface area contributed by atoms with Crippen LogP contribution in [0.1, 0.15) is 186 Å². The van der Waals surface area contributed by atoms with Crippen molar-refractivity contribution < 1.29 is 57.3 Å². The highest BCUT2D eigenvalue weighted by Gasteiger charge is 2.47. The number of anilines is 5. The Morgan fingerprint density at radius 3 is 0.876 bits per heavy atom. The number of likely N-dealkylation sites (N-methyl/N-ethyl adjacent to an activating group) is 4. The molecule has 0 aliphatic carbocycles. The van der Waals surface area contributed by atoms with E-state index in [1.807, 2.05) is 207 Å². The van der Waals surface area contributed by atoms with Crippen molar-refractivity contribution in [2.24, 2.45) is 0 Å². The molecule has 10 rings (SSSR count). The standard InChI is InChI=1S/C93H106N8O12/c1-16-90(98(9)10,57-65-31-23-20-24-32-65)82(102)68-39-47-73(48-40-68)94-61(5)110-86(106)77-55-79(88(108)112-63(7)96-75-51-43-70(44-52-75)84(104)92(18-3,100(13)14)59-67-35-27-22-28-36-67)80(89(109)113-64(8)97-76-53-45-71(46-54-76)85(105)93(19-4)60-72-37-29-30-38-81(72)101(93)15)56-78(77)87(107)111-62(6)95-74-49-41-69(42-50-74)83(103)91(17-2,99(11)12)58-66-33-25-21-26-34-66/h20-56,61-64,94-97H,16-19,57-60H2,1-15H3. The number of rotatable bonds is 37. The Kier molecular flexibility index (Phi) is 27.3. The number of fused-ring (bicyclic) bond motifs is 1. The van der Waals surface area contributed by atoms with Gasteiger partial charge in [-0.2, -0.15) is 0 Å². The van der Waals surface area contributed by atoms with E-state index in [0.29, 0.717) is 96.4 Å². The third kappa shape index (κ3) is 18.8. The largest absolute Gasteiger partial charge is 0.438 e. The van der Waals surface area contributed by atoms with Gasteiger partial charge in [0, 0.05) is 64.2 Å². The number of hydrogen-bond donors (Lipinski definition) is 4. The molecule has 20 heteroatoms. The van der Waals surface area contributed by atoms with Crippen molar-refractivity contribution in [3.05, 3.63) is 291 Å². The quantitative estimate of drug-likeness (QED) is 0.0123. The number of ketones is 4. The number of ether oxygens (including phenoxy) is 4. The molecule has 0 spiro atoms. The lowest BCUT2D eigenvalue weighted by Gasteiger charge is -2.38. The van der Waals surface area contributed by atoms with Gasteiger partial charge in [0.1, 0.15) is 5.54 Å². The Morgan fingerprint density at radius 2 is 0.628 bits per heavy atom. The van der Waals surface area contributed by atoms with Crippen molar-refractivity contribution in [3.63, 3.8) is 0 Å². The first kappa shape index (κ1) is 83.9. The lowest BCUT2D eigenvalue weighted by Crippen LogP contribution is -2.52. The summed E-state index contributed by atoms with van der Waals surface area (Å²) in [4.78, 5) is 126. The molecule has 20 nitrogen and oxygen atoms in total. The van der Waals surface area contributed by atoms with Crippen LogP contribution in [0.5, 0.6) is 0 Å². The molecule has 0 aromatic heterocycles. The van der Waals surface area contributed by atoms with E-state index in [2.05, 4.69) is 26.2 Å². The normalized spacial score (nSPS) is 15.9. The number of esters is 4. The molecule has 1 aliphatic heterocycles. The van der Waals surface area contributed by atoms with E-state index in [0.717, 1.165) is 40.1 Å². The molecule has 1 heterocycles. The van der Waals surface area contributed by atoms with Crippen LogP contribution < -0.4 is 26.2 Å². The van der Waals surface area contributed by atoms with Crippen LogP contribution in [-0.2, 0) is 44.6 Å². The van der Waals surface area contributed by atoms with Gasteiger partial charge in [-0.25, -0.2) is 19.2 Å². The molecular formula is C93H106N8O12. The van der Waals surface area contributed by atoms with Gasteiger partial charge in [-0.05, 0) is 252 Å². The van der Waals surface area contributed by atoms with Gasteiger partial charge in [0.2, 0.25) is 0 Å². The van der Waals surface area contributed by atoms with Crippen LogP contribution in [0, 0.1) is 0 Å². The molecule has 4 N–H and O–H groups in total. The number of carbonyl (C=O) groups is 8. The average Bonchev–Trinajstić information content (AvgIpc) is 1.56. The number of para-hydroxylation sites is 1. The molecule has 0 bridgehead atoms. The van der Waals surface area contributed by atoms with Crippen LogP contribution in [0.25, 0.3) is 0 Å². The van der Waals surface area contributed by atoms with Crippen molar-refractivity contribution in [3.8, 4) is 0 Å². The number of Topliss-reactive ketones (excluding diaryl/α,β-unsaturated/α-hetero) is 4. The highest BCUT2D eigenvalue weighted by atomic mass is 16.6. The number of nitrogens with one attached hydrogen (secondary N) is 4. The highest BCUT2D eigenvalue weighted by Crippen LogP contribution is 2.42. The van der Waals surface area contributed by atoms with Crippen molar-refractivity contribution in [1.29, 1.82) is 0 Å². The number of benzene rings is 9. The molecular weight excluding hydrogens is 1420 g/mol. The van der Waals surface area contributed by atoms with Gasteiger partial charge >= 0.3 is 23.9 Å². The smallest absolute Gasteiger partial charge is 0.340 e. The molecule has 590 valence electrons. The van der Waals surface area contributed by atoms with Gasteiger partial charge in [-0.15, -0.1) is 0 Å². The lowest BCUT2D eigenvalue weighted by atomic mass is 9.80. The Bertz CT molecular complexity index is 4470. The zero-order chi connectivity index (χ0) is 81.5. The minimum absolute atomic E-state index is 0.0490. The first-order valence-electron chi connectivity index (χ1n) is 38.7. The van der Waals surface area contributed by atoms with E-state index in [-0.39, 0.29) is 23.1 Å². The topological polar surface area (TPSA) is 235 Å². The van der Waals surface area contributed by atoms with E-state index in [9.17, 15) is 19.2 Å². The second-order valence-electron chi connectivity index (χ2n) is 29.9. The van der Waals surface area contributed by atoms with Crippen molar-refractivity contribution >= 4 is 75.4 Å². The van der Waals surface area contributed by atoms with E-state index < -0.39 is 93.2 Å². The van der Waals surface area contributed by atoms with E-state index in [1.54, 1.807) is 125 Å². The summed E-state index contributed by atoms with van der Waals surface area (Å²) in [6.45, 7) is 14.2. The maximum atomic E-state index is 15.1. The maximum absolute atomic E-state index is 15.1. The first-order chi connectivity index (χ1) is 54.0. The van der Waals surface area contributed by atoms with Crippen LogP contribution in [0.15, 0.2) is 224 Å². The fourth-order valence-electron chi connectivity index (χ4n) is 15.5. The first-order valence-corrected chi connectivity index (χ1v) is 38.7. The lowest BCUT2D eigenvalue weighted by molar-refractivity contribution is 0.0327. The second-order valence-corrected chi connectivity index (χ2v) is 29.9. The van der Waals surface area contributed by atoms with Gasteiger partial charge < -0.3 is 45.1 Å². The molecule has 0 fully saturated rings. The predicted molar refractivity (Wildman–Crippen MR) is 446 cm³/mol. The highest BCUT2D eigenvalue weighted by molar-refractivity contribution is 6.11. The zero-order valence-electron chi connectivity index (χ0n) is 67.5. The number of carbonyl (C=O) groups excluding carboxylic acids is 8. The second kappa shape index (κ2) is 36.7. The Morgan fingerprint density at radius 1 is 0.372 bits per heavy atom. The summed E-state index contributed by atoms with van der Waals surface area (Å²) in [7, 11) is 13.3. The van der Waals surface area contributed by atoms with Crippen LogP contribution in [0.4, 0.5) is 28.4 Å². The summed E-state index contributed by atoms with van der Waals surface area (Å²) in [6.07, 6.45) is -0.398. The van der Waals surface area contributed by atoms with Gasteiger partial charge in [-0.3, -0.25) is 33.9 Å². The predicted octanol–water partition coefficient (Wildman–Crippen LogP) is 16.6. The molecule has 0 saturated carbocycles. The molecule has 8 unspecified atom stereocenters. The summed E-state index contributed by atoms with van der Waals surface area (Å²) >= 11 is 0. The third-order valence-electron chi connectivity index (χ3n) is 22.3. The summed E-state index contributed by atoms with van der Waals surface area (Å²) < 4.78 is 24.3. The summed E-state index contributed by atoms with van der Waals surface area (Å²) in [5.74, 6) is -4.76. The molecule has 113 heavy (non-hydrogen) atoms. The van der Waals surface area contributed by atoms with Gasteiger partial charge in [0.05, 0.1) is 38.9 Å². The average molecular weight is 1530 g/mol. The fraction of sp³-hybridized carbons (Fsp3) is 0.333. The van der Waals surface area contributed by atoms with Crippen LogP contribution in [0.3, 0.4) is 0 Å². The molecule has 0 radical (unpaired) electrons. The number of hydrogen-bond acceptors (Lipinski definition) is 20. The van der Waals surface area contributed by atoms with Crippen LogP contribution in [-0.4, -0.2) is 158 Å². The van der Waals surface area contributed by atoms with E-state index >= 15 is 19.2 Å². The van der Waals surface area contributed by atoms with E-state index in [1.165, 1.54) is 0 Å². The van der Waals surface area contributed by atoms with Crippen molar-refractivity contribution in [1.82, 2.24) is 14.7 Å². The van der Waals surface area contributed by atoms with Crippen molar-refractivity contribution in [2.75, 3.05) is 75.5 Å². The van der Waals surface area contributed by atoms with Gasteiger partial charge in [0.25, 0.3) is 0 Å². The molecule has 9 aromatic carbocycles. The van der Waals surface area contributed by atoms with Crippen molar-refractivity contribution in [2.45, 2.75) is 154 Å². The summed E-state index contributed by atoms with van der Waals surface area (Å²) in [5, 5.41) is 12.6.